The molecule has 0 bridgehead atoms. The van der Waals surface area contributed by atoms with Crippen molar-refractivity contribution in [1.82, 2.24) is 10.2 Å². The van der Waals surface area contributed by atoms with Gasteiger partial charge in [0.2, 0.25) is 5.91 Å². The Bertz CT molecular complexity index is 513. The maximum absolute atomic E-state index is 12.8. The predicted molar refractivity (Wildman–Crippen MR) is 91.4 cm³/mol. The zero-order valence-corrected chi connectivity index (χ0v) is 14.1. The molecule has 1 atom stereocenters. The zero-order valence-electron chi connectivity index (χ0n) is 14.1. The van der Waals surface area contributed by atoms with E-state index in [4.69, 9.17) is 4.74 Å². The van der Waals surface area contributed by atoms with Gasteiger partial charge in [0.15, 0.2) is 0 Å². The molecule has 0 unspecified atom stereocenters. The first-order chi connectivity index (χ1) is 11.2. The van der Waals surface area contributed by atoms with E-state index in [0.717, 1.165) is 52.0 Å². The van der Waals surface area contributed by atoms with Crippen molar-refractivity contribution in [2.45, 2.75) is 31.1 Å². The number of likely N-dealkylation sites (tertiary alicyclic amines) is 1. The molecule has 2 aliphatic rings. The average molecular weight is 316 g/mol. The predicted octanol–water partition coefficient (Wildman–Crippen LogP) is 2.19. The van der Waals surface area contributed by atoms with Gasteiger partial charge in [-0.05, 0) is 37.3 Å². The second-order valence-electron chi connectivity index (χ2n) is 6.96. The van der Waals surface area contributed by atoms with Gasteiger partial charge in [0, 0.05) is 26.7 Å². The van der Waals surface area contributed by atoms with Crippen molar-refractivity contribution in [3.8, 4) is 0 Å². The van der Waals surface area contributed by atoms with Crippen LogP contribution in [0.5, 0.6) is 0 Å². The molecule has 0 radical (unpaired) electrons. The van der Waals surface area contributed by atoms with Crippen molar-refractivity contribution in [2.24, 2.45) is 5.92 Å². The van der Waals surface area contributed by atoms with Gasteiger partial charge < -0.3 is 15.0 Å². The fourth-order valence-corrected chi connectivity index (χ4v) is 3.84. The minimum absolute atomic E-state index is 0.227. The Morgan fingerprint density at radius 2 is 2.13 bits per heavy atom. The molecule has 1 aliphatic carbocycles. The molecule has 1 saturated heterocycles. The lowest BCUT2D eigenvalue weighted by atomic mass is 9.64. The number of hydrogen-bond donors (Lipinski definition) is 1. The largest absolute Gasteiger partial charge is 0.383 e. The van der Waals surface area contributed by atoms with Crippen LogP contribution in [-0.4, -0.2) is 50.7 Å². The fourth-order valence-electron chi connectivity index (χ4n) is 3.84. The minimum atomic E-state index is -0.268. The molecule has 1 amide bonds. The number of rotatable bonds is 7. The van der Waals surface area contributed by atoms with Gasteiger partial charge >= 0.3 is 0 Å². The summed E-state index contributed by atoms with van der Waals surface area (Å²) >= 11 is 0. The van der Waals surface area contributed by atoms with Crippen LogP contribution in [0.2, 0.25) is 0 Å². The normalized spacial score (nSPS) is 23.4. The van der Waals surface area contributed by atoms with Gasteiger partial charge in [-0.15, -0.1) is 0 Å². The summed E-state index contributed by atoms with van der Waals surface area (Å²) in [5, 5.41) is 3.25. The van der Waals surface area contributed by atoms with Crippen LogP contribution in [0.25, 0.3) is 0 Å². The molecule has 126 valence electrons. The lowest BCUT2D eigenvalue weighted by Crippen LogP contribution is -2.50. The molecule has 2 fully saturated rings. The van der Waals surface area contributed by atoms with E-state index in [0.29, 0.717) is 5.92 Å². The van der Waals surface area contributed by atoms with E-state index in [1.807, 2.05) is 18.2 Å². The van der Waals surface area contributed by atoms with E-state index < -0.39 is 0 Å². The van der Waals surface area contributed by atoms with Crippen molar-refractivity contribution in [2.75, 3.05) is 39.9 Å². The smallest absolute Gasteiger partial charge is 0.230 e. The number of hydrogen-bond acceptors (Lipinski definition) is 3. The standard InChI is InChI=1S/C19H28N2O2/c1-23-13-12-21-11-8-16(15-21)14-20-18(22)19(9-5-10-19)17-6-3-2-4-7-17/h2-4,6-7,16H,5,8-15H2,1H3,(H,20,22)/t16-/m0/s1. The summed E-state index contributed by atoms with van der Waals surface area (Å²) < 4.78 is 5.14. The van der Waals surface area contributed by atoms with Gasteiger partial charge in [-0.2, -0.15) is 0 Å². The van der Waals surface area contributed by atoms with E-state index in [1.54, 1.807) is 7.11 Å². The molecule has 1 aromatic rings. The molecule has 1 aliphatic heterocycles. The van der Waals surface area contributed by atoms with Crippen LogP contribution in [0.4, 0.5) is 0 Å². The van der Waals surface area contributed by atoms with Gasteiger partial charge in [-0.3, -0.25) is 4.79 Å². The molecule has 3 rings (SSSR count). The number of carbonyl (C=O) groups is 1. The lowest BCUT2D eigenvalue weighted by Gasteiger charge is -2.41. The van der Waals surface area contributed by atoms with E-state index in [-0.39, 0.29) is 11.3 Å². The quantitative estimate of drug-likeness (QED) is 0.838. The Hall–Kier alpha value is -1.39. The number of ether oxygens (including phenoxy) is 1. The highest BCUT2D eigenvalue weighted by Gasteiger charge is 2.45. The van der Waals surface area contributed by atoms with Crippen molar-refractivity contribution in [3.05, 3.63) is 35.9 Å². The lowest BCUT2D eigenvalue weighted by molar-refractivity contribution is -0.130. The highest BCUT2D eigenvalue weighted by molar-refractivity contribution is 5.89. The Morgan fingerprint density at radius 3 is 2.78 bits per heavy atom. The second-order valence-corrected chi connectivity index (χ2v) is 6.96. The van der Waals surface area contributed by atoms with Gasteiger partial charge in [-0.25, -0.2) is 0 Å². The molecule has 1 heterocycles. The van der Waals surface area contributed by atoms with Gasteiger partial charge in [0.05, 0.1) is 12.0 Å². The van der Waals surface area contributed by atoms with Gasteiger partial charge in [-0.1, -0.05) is 36.8 Å². The number of amides is 1. The Morgan fingerprint density at radius 1 is 1.35 bits per heavy atom. The summed E-state index contributed by atoms with van der Waals surface area (Å²) in [7, 11) is 1.75. The molecule has 4 heteroatoms. The number of nitrogens with one attached hydrogen (secondary N) is 1. The van der Waals surface area contributed by atoms with Crippen molar-refractivity contribution < 1.29 is 9.53 Å². The van der Waals surface area contributed by atoms with Crippen LogP contribution in [-0.2, 0) is 14.9 Å². The van der Waals surface area contributed by atoms with E-state index in [2.05, 4.69) is 22.3 Å². The molecule has 1 saturated carbocycles. The molecular weight excluding hydrogens is 288 g/mol. The Labute approximate surface area is 139 Å². The van der Waals surface area contributed by atoms with E-state index in [9.17, 15) is 4.79 Å². The van der Waals surface area contributed by atoms with Crippen LogP contribution < -0.4 is 5.32 Å². The van der Waals surface area contributed by atoms with Crippen molar-refractivity contribution in [3.63, 3.8) is 0 Å². The molecule has 1 N–H and O–H groups in total. The third-order valence-corrected chi connectivity index (χ3v) is 5.50. The first kappa shape index (κ1) is 16.5. The molecule has 4 nitrogen and oxygen atoms in total. The zero-order chi connectivity index (χ0) is 16.1. The highest BCUT2D eigenvalue weighted by Crippen LogP contribution is 2.43. The number of methoxy groups -OCH3 is 1. The summed E-state index contributed by atoms with van der Waals surface area (Å²) in [5.74, 6) is 0.800. The SMILES string of the molecule is COCCN1CC[C@@H](CNC(=O)C2(c3ccccc3)CCC2)C1. The molecule has 1 aromatic carbocycles. The van der Waals surface area contributed by atoms with E-state index >= 15 is 0 Å². The third kappa shape index (κ3) is 3.59. The number of carbonyl (C=O) groups excluding carboxylic acids is 1. The molecule has 0 aromatic heterocycles. The second kappa shape index (κ2) is 7.45. The topological polar surface area (TPSA) is 41.6 Å². The average Bonchev–Trinajstić information content (AvgIpc) is 2.99. The number of benzene rings is 1. The summed E-state index contributed by atoms with van der Waals surface area (Å²) in [6.07, 6.45) is 4.28. The summed E-state index contributed by atoms with van der Waals surface area (Å²) in [5.41, 5.74) is 0.909. The molecule has 0 spiro atoms. The monoisotopic (exact) mass is 316 g/mol. The summed E-state index contributed by atoms with van der Waals surface area (Å²) in [6.45, 7) is 4.78. The van der Waals surface area contributed by atoms with Crippen molar-refractivity contribution >= 4 is 5.91 Å². The van der Waals surface area contributed by atoms with Crippen LogP contribution in [0, 0.1) is 5.92 Å². The summed E-state index contributed by atoms with van der Waals surface area (Å²) in [6, 6.07) is 10.3. The Kier molecular flexibility index (Phi) is 5.34. The molecular formula is C19H28N2O2. The minimum Gasteiger partial charge on any atom is -0.383 e. The first-order valence-corrected chi connectivity index (χ1v) is 8.80. The van der Waals surface area contributed by atoms with Crippen molar-refractivity contribution in [1.29, 1.82) is 0 Å². The van der Waals surface area contributed by atoms with Gasteiger partial charge in [0.1, 0.15) is 0 Å². The van der Waals surface area contributed by atoms with Crippen LogP contribution in [0.3, 0.4) is 0 Å². The molecule has 23 heavy (non-hydrogen) atoms. The Balaban J connectivity index is 1.51. The van der Waals surface area contributed by atoms with Crippen LogP contribution in [0.1, 0.15) is 31.2 Å². The third-order valence-electron chi connectivity index (χ3n) is 5.50. The maximum atomic E-state index is 12.8. The van der Waals surface area contributed by atoms with Crippen LogP contribution in [0.15, 0.2) is 30.3 Å². The van der Waals surface area contributed by atoms with Crippen LogP contribution >= 0.6 is 0 Å². The highest BCUT2D eigenvalue weighted by atomic mass is 16.5. The number of nitrogens with zero attached hydrogens (tertiary/aromatic N) is 1. The summed E-state index contributed by atoms with van der Waals surface area (Å²) in [4.78, 5) is 15.2. The van der Waals surface area contributed by atoms with Gasteiger partial charge in [0.25, 0.3) is 0 Å². The maximum Gasteiger partial charge on any atom is 0.230 e. The van der Waals surface area contributed by atoms with E-state index in [1.165, 1.54) is 12.0 Å². The first-order valence-electron chi connectivity index (χ1n) is 8.80. The fraction of sp³-hybridized carbons (Fsp3) is 0.632.